The van der Waals surface area contributed by atoms with Gasteiger partial charge in [0.25, 0.3) is 5.92 Å². The molecule has 0 aromatic rings. The van der Waals surface area contributed by atoms with Crippen molar-refractivity contribution in [1.29, 1.82) is 0 Å². The van der Waals surface area contributed by atoms with Crippen molar-refractivity contribution in [2.75, 3.05) is 0 Å². The van der Waals surface area contributed by atoms with E-state index in [1.807, 2.05) is 0 Å². The van der Waals surface area contributed by atoms with Gasteiger partial charge in [-0.25, -0.2) is 13.2 Å². The zero-order chi connectivity index (χ0) is 12.5. The molecule has 0 nitrogen and oxygen atoms in total. The Balaban J connectivity index is 4.91. The summed E-state index contributed by atoms with van der Waals surface area (Å²) in [5, 5.41) is 0. The Bertz CT molecular complexity index is 206. The van der Waals surface area contributed by atoms with Crippen LogP contribution < -0.4 is 0 Å². The molecule has 0 aliphatic carbocycles. The molecule has 0 heterocycles. The number of halogens is 8. The third-order valence-electron chi connectivity index (χ3n) is 1.65. The Kier molecular flexibility index (Phi) is 3.98. The lowest BCUT2D eigenvalue weighted by atomic mass is 10.0. The Morgan fingerprint density at radius 1 is 0.933 bits per heavy atom. The number of hydrogen-bond acceptors (Lipinski definition) is 0. The summed E-state index contributed by atoms with van der Waals surface area (Å²) in [6, 6.07) is 0. The molecule has 0 amide bonds. The molecule has 0 aromatic heterocycles. The van der Waals surface area contributed by atoms with E-state index < -0.39 is 37.0 Å². The molecular weight excluding hydrogens is 236 g/mol. The van der Waals surface area contributed by atoms with Crippen molar-refractivity contribution < 1.29 is 35.1 Å². The predicted octanol–water partition coefficient (Wildman–Crippen LogP) is 3.96. The maximum absolute atomic E-state index is 12.5. The summed E-state index contributed by atoms with van der Waals surface area (Å²) in [5.41, 5.74) is 0. The molecule has 15 heavy (non-hydrogen) atoms. The van der Waals surface area contributed by atoms with Crippen LogP contribution in [0.15, 0.2) is 0 Å². The number of rotatable bonds is 4. The van der Waals surface area contributed by atoms with Gasteiger partial charge in [0.1, 0.15) is 0 Å². The molecule has 0 rings (SSSR count). The van der Waals surface area contributed by atoms with Crippen LogP contribution in [-0.4, -0.2) is 24.2 Å². The highest BCUT2D eigenvalue weighted by Gasteiger charge is 2.69. The summed E-state index contributed by atoms with van der Waals surface area (Å²) >= 11 is 0. The average molecular weight is 244 g/mol. The van der Waals surface area contributed by atoms with E-state index in [0.717, 1.165) is 6.92 Å². The van der Waals surface area contributed by atoms with E-state index in [-0.39, 0.29) is 0 Å². The molecule has 0 saturated carbocycles. The van der Waals surface area contributed by atoms with E-state index in [0.29, 0.717) is 0 Å². The van der Waals surface area contributed by atoms with Crippen LogP contribution in [0.1, 0.15) is 19.8 Å². The second-order valence-corrected chi connectivity index (χ2v) is 2.99. The monoisotopic (exact) mass is 244 g/mol. The van der Waals surface area contributed by atoms with Crippen molar-refractivity contribution in [3.63, 3.8) is 0 Å². The van der Waals surface area contributed by atoms with E-state index in [1.54, 1.807) is 0 Å². The SMILES string of the molecule is CCCC(F)(F)C(F)C(F)(F)C(F)(F)F. The Morgan fingerprint density at radius 3 is 1.60 bits per heavy atom. The van der Waals surface area contributed by atoms with Crippen LogP contribution in [0.5, 0.6) is 0 Å². The summed E-state index contributed by atoms with van der Waals surface area (Å²) in [6.45, 7) is 1.12. The fourth-order valence-corrected chi connectivity index (χ4v) is 0.869. The quantitative estimate of drug-likeness (QED) is 0.656. The molecule has 0 saturated heterocycles. The van der Waals surface area contributed by atoms with Gasteiger partial charge in [-0.2, -0.15) is 22.0 Å². The fourth-order valence-electron chi connectivity index (χ4n) is 0.869. The van der Waals surface area contributed by atoms with Crippen LogP contribution in [0.3, 0.4) is 0 Å². The van der Waals surface area contributed by atoms with Crippen LogP contribution in [0.25, 0.3) is 0 Å². The molecule has 0 aromatic carbocycles. The van der Waals surface area contributed by atoms with Crippen molar-refractivity contribution in [3.8, 4) is 0 Å². The van der Waals surface area contributed by atoms with Gasteiger partial charge in [0.15, 0.2) is 0 Å². The lowest BCUT2D eigenvalue weighted by molar-refractivity contribution is -0.327. The lowest BCUT2D eigenvalue weighted by Crippen LogP contribution is -2.52. The summed E-state index contributed by atoms with van der Waals surface area (Å²) in [7, 11) is 0. The van der Waals surface area contributed by atoms with Crippen molar-refractivity contribution in [3.05, 3.63) is 0 Å². The van der Waals surface area contributed by atoms with Gasteiger partial charge in [-0.05, 0) is 0 Å². The zero-order valence-electron chi connectivity index (χ0n) is 7.52. The third kappa shape index (κ3) is 2.94. The van der Waals surface area contributed by atoms with Gasteiger partial charge in [-0.3, -0.25) is 0 Å². The first kappa shape index (κ1) is 14.4. The van der Waals surface area contributed by atoms with E-state index in [1.165, 1.54) is 0 Å². The normalized spacial score (nSPS) is 16.6. The van der Waals surface area contributed by atoms with Crippen molar-refractivity contribution in [2.24, 2.45) is 0 Å². The molecule has 0 N–H and O–H groups in total. The number of alkyl halides is 8. The van der Waals surface area contributed by atoms with Crippen LogP contribution in [-0.2, 0) is 0 Å². The minimum Gasteiger partial charge on any atom is -0.234 e. The van der Waals surface area contributed by atoms with Crippen molar-refractivity contribution >= 4 is 0 Å². The third-order valence-corrected chi connectivity index (χ3v) is 1.65. The Morgan fingerprint density at radius 2 is 1.33 bits per heavy atom. The maximum atomic E-state index is 12.5. The second kappa shape index (κ2) is 4.13. The smallest absolute Gasteiger partial charge is 0.234 e. The molecule has 1 atom stereocenters. The highest BCUT2D eigenvalue weighted by Crippen LogP contribution is 2.45. The first-order valence-electron chi connectivity index (χ1n) is 3.93. The first-order chi connectivity index (χ1) is 6.47. The molecule has 0 aliphatic heterocycles. The van der Waals surface area contributed by atoms with Gasteiger partial charge < -0.3 is 0 Å². The maximum Gasteiger partial charge on any atom is 0.456 e. The minimum absolute atomic E-state index is 0.401. The van der Waals surface area contributed by atoms with Gasteiger partial charge in [0.2, 0.25) is 6.17 Å². The van der Waals surface area contributed by atoms with E-state index >= 15 is 0 Å². The molecule has 0 spiro atoms. The highest BCUT2D eigenvalue weighted by atomic mass is 19.4. The van der Waals surface area contributed by atoms with Crippen molar-refractivity contribution in [1.82, 2.24) is 0 Å². The molecule has 0 fully saturated rings. The van der Waals surface area contributed by atoms with E-state index in [9.17, 15) is 35.1 Å². The lowest BCUT2D eigenvalue weighted by Gasteiger charge is -2.28. The van der Waals surface area contributed by atoms with Crippen LogP contribution in [0.4, 0.5) is 35.1 Å². The zero-order valence-corrected chi connectivity index (χ0v) is 7.52. The Labute approximate surface area is 80.3 Å². The van der Waals surface area contributed by atoms with Gasteiger partial charge in [0, 0.05) is 6.42 Å². The van der Waals surface area contributed by atoms with Gasteiger partial charge >= 0.3 is 12.1 Å². The van der Waals surface area contributed by atoms with Gasteiger partial charge in [-0.15, -0.1) is 0 Å². The van der Waals surface area contributed by atoms with Gasteiger partial charge in [0.05, 0.1) is 0 Å². The molecule has 1 unspecified atom stereocenters. The average Bonchev–Trinajstić information content (AvgIpc) is 2.00. The summed E-state index contributed by atoms with van der Waals surface area (Å²) in [6.07, 6.45) is -12.6. The Hall–Kier alpha value is -0.560. The fraction of sp³-hybridized carbons (Fsp3) is 1.00. The summed E-state index contributed by atoms with van der Waals surface area (Å²) in [5.74, 6) is -10.7. The standard InChI is InChI=1S/C7H8F8/c1-2-3-5(9,10)4(8)6(11,12)7(13,14)15/h4H,2-3H2,1H3. The van der Waals surface area contributed by atoms with Crippen LogP contribution in [0.2, 0.25) is 0 Å². The van der Waals surface area contributed by atoms with Gasteiger partial charge in [-0.1, -0.05) is 13.3 Å². The summed E-state index contributed by atoms with van der Waals surface area (Å²) in [4.78, 5) is 0. The van der Waals surface area contributed by atoms with Crippen LogP contribution >= 0.6 is 0 Å². The number of hydrogen-bond donors (Lipinski definition) is 0. The minimum atomic E-state index is -6.32. The topological polar surface area (TPSA) is 0 Å². The predicted molar refractivity (Wildman–Crippen MR) is 35.8 cm³/mol. The molecule has 8 heteroatoms. The first-order valence-corrected chi connectivity index (χ1v) is 3.93. The molecule has 0 aliphatic rings. The second-order valence-electron chi connectivity index (χ2n) is 2.99. The molecule has 0 bridgehead atoms. The van der Waals surface area contributed by atoms with Crippen LogP contribution in [0, 0.1) is 0 Å². The highest BCUT2D eigenvalue weighted by molar-refractivity contribution is 4.93. The molecule has 92 valence electrons. The molecular formula is C7H8F8. The van der Waals surface area contributed by atoms with E-state index in [2.05, 4.69) is 0 Å². The van der Waals surface area contributed by atoms with E-state index in [4.69, 9.17) is 0 Å². The largest absolute Gasteiger partial charge is 0.456 e. The summed E-state index contributed by atoms with van der Waals surface area (Å²) < 4.78 is 96.3. The molecule has 0 radical (unpaired) electrons. The van der Waals surface area contributed by atoms with Crippen molar-refractivity contribution in [2.45, 2.75) is 44.0 Å².